The molecule has 0 aliphatic heterocycles. The minimum atomic E-state index is 0.614. The van der Waals surface area contributed by atoms with Crippen molar-refractivity contribution in [3.63, 3.8) is 0 Å². The Kier molecular flexibility index (Phi) is 4.52. The van der Waals surface area contributed by atoms with E-state index in [9.17, 15) is 0 Å². The summed E-state index contributed by atoms with van der Waals surface area (Å²) in [6.07, 6.45) is 8.55. The van der Waals surface area contributed by atoms with Crippen molar-refractivity contribution in [3.05, 3.63) is 21.8 Å². The number of nitrogens with one attached hydrogen (secondary N) is 1. The number of halogens is 1. The molecular formula is C12H18IN3. The van der Waals surface area contributed by atoms with Crippen molar-refractivity contribution < 1.29 is 0 Å². The molecule has 0 aromatic carbocycles. The molecule has 16 heavy (non-hydrogen) atoms. The van der Waals surface area contributed by atoms with Crippen LogP contribution >= 0.6 is 22.6 Å². The van der Waals surface area contributed by atoms with Crippen LogP contribution in [0.15, 0.2) is 12.5 Å². The van der Waals surface area contributed by atoms with Gasteiger partial charge in [-0.1, -0.05) is 6.92 Å². The molecule has 1 unspecified atom stereocenters. The average Bonchev–Trinajstić information content (AvgIpc) is 3.10. The summed E-state index contributed by atoms with van der Waals surface area (Å²) in [4.78, 5) is 8.41. The number of hydrogen-bond donors (Lipinski definition) is 1. The van der Waals surface area contributed by atoms with E-state index >= 15 is 0 Å². The van der Waals surface area contributed by atoms with Crippen LogP contribution in [-0.4, -0.2) is 22.6 Å². The first-order valence-corrected chi connectivity index (χ1v) is 7.07. The lowest BCUT2D eigenvalue weighted by molar-refractivity contribution is 0.455. The van der Waals surface area contributed by atoms with Gasteiger partial charge in [0.15, 0.2) is 0 Å². The molecule has 3 nitrogen and oxygen atoms in total. The number of aromatic nitrogens is 2. The summed E-state index contributed by atoms with van der Waals surface area (Å²) in [6, 6.07) is 0.614. The highest BCUT2D eigenvalue weighted by Crippen LogP contribution is 2.34. The maximum atomic E-state index is 4.38. The van der Waals surface area contributed by atoms with Crippen molar-refractivity contribution in [2.24, 2.45) is 5.92 Å². The van der Waals surface area contributed by atoms with Gasteiger partial charge in [-0.3, -0.25) is 0 Å². The molecule has 1 aromatic rings. The van der Waals surface area contributed by atoms with E-state index in [0.29, 0.717) is 6.04 Å². The SMILES string of the molecule is CCCNC(Cc1ncncc1I)C1CC1. The zero-order valence-electron chi connectivity index (χ0n) is 9.62. The standard InChI is InChI=1S/C12H18IN3/c1-2-5-15-11(9-3-4-9)6-12-10(13)7-14-8-16-12/h7-9,11,15H,2-6H2,1H3. The third kappa shape index (κ3) is 3.38. The summed E-state index contributed by atoms with van der Waals surface area (Å²) in [5.41, 5.74) is 1.19. The van der Waals surface area contributed by atoms with Gasteiger partial charge in [0.25, 0.3) is 0 Å². The van der Waals surface area contributed by atoms with Gasteiger partial charge in [-0.05, 0) is 54.3 Å². The molecule has 1 fully saturated rings. The minimum Gasteiger partial charge on any atom is -0.313 e. The van der Waals surface area contributed by atoms with Crippen LogP contribution in [-0.2, 0) is 6.42 Å². The van der Waals surface area contributed by atoms with E-state index in [2.05, 4.69) is 44.8 Å². The topological polar surface area (TPSA) is 37.8 Å². The van der Waals surface area contributed by atoms with Gasteiger partial charge in [0.1, 0.15) is 6.33 Å². The highest BCUT2D eigenvalue weighted by atomic mass is 127. The van der Waals surface area contributed by atoms with Crippen molar-refractivity contribution in [1.82, 2.24) is 15.3 Å². The first kappa shape index (κ1) is 12.2. The summed E-state index contributed by atoms with van der Waals surface area (Å²) in [5, 5.41) is 3.64. The molecule has 4 heteroatoms. The van der Waals surface area contributed by atoms with Gasteiger partial charge in [-0.2, -0.15) is 0 Å². The molecule has 88 valence electrons. The minimum absolute atomic E-state index is 0.614. The van der Waals surface area contributed by atoms with Crippen LogP contribution in [0.1, 0.15) is 31.9 Å². The predicted molar refractivity (Wildman–Crippen MR) is 73.3 cm³/mol. The van der Waals surface area contributed by atoms with Gasteiger partial charge in [0.05, 0.1) is 9.26 Å². The van der Waals surface area contributed by atoms with Crippen LogP contribution < -0.4 is 5.32 Å². The molecule has 1 N–H and O–H groups in total. The van der Waals surface area contributed by atoms with Crippen molar-refractivity contribution in [3.8, 4) is 0 Å². The Morgan fingerprint density at radius 2 is 2.38 bits per heavy atom. The van der Waals surface area contributed by atoms with Crippen LogP contribution in [0.2, 0.25) is 0 Å². The lowest BCUT2D eigenvalue weighted by Crippen LogP contribution is -2.34. The molecule has 0 saturated heterocycles. The maximum absolute atomic E-state index is 4.38. The van der Waals surface area contributed by atoms with Crippen molar-refractivity contribution in [2.75, 3.05) is 6.54 Å². The Hall–Kier alpha value is -0.230. The molecule has 0 radical (unpaired) electrons. The van der Waals surface area contributed by atoms with E-state index in [0.717, 1.165) is 18.9 Å². The molecule has 1 heterocycles. The number of nitrogens with zero attached hydrogens (tertiary/aromatic N) is 2. The second-order valence-corrected chi connectivity index (χ2v) is 5.58. The van der Waals surface area contributed by atoms with Crippen LogP contribution in [0.3, 0.4) is 0 Å². The lowest BCUT2D eigenvalue weighted by Gasteiger charge is -2.17. The molecule has 1 aliphatic carbocycles. The summed E-state index contributed by atoms with van der Waals surface area (Å²) in [7, 11) is 0. The Morgan fingerprint density at radius 1 is 1.56 bits per heavy atom. The van der Waals surface area contributed by atoms with E-state index in [1.54, 1.807) is 6.33 Å². The van der Waals surface area contributed by atoms with Gasteiger partial charge >= 0.3 is 0 Å². The summed E-state index contributed by atoms with van der Waals surface area (Å²) in [6.45, 7) is 3.33. The largest absolute Gasteiger partial charge is 0.313 e. The van der Waals surface area contributed by atoms with Crippen LogP contribution in [0.4, 0.5) is 0 Å². The van der Waals surface area contributed by atoms with E-state index in [1.807, 2.05) is 6.20 Å². The molecular weight excluding hydrogens is 313 g/mol. The van der Waals surface area contributed by atoms with E-state index in [-0.39, 0.29) is 0 Å². The summed E-state index contributed by atoms with van der Waals surface area (Å²) < 4.78 is 1.18. The molecule has 0 spiro atoms. The second-order valence-electron chi connectivity index (χ2n) is 4.42. The van der Waals surface area contributed by atoms with Crippen molar-refractivity contribution in [2.45, 2.75) is 38.6 Å². The monoisotopic (exact) mass is 331 g/mol. The molecule has 1 saturated carbocycles. The van der Waals surface area contributed by atoms with Gasteiger partial charge < -0.3 is 5.32 Å². The number of hydrogen-bond acceptors (Lipinski definition) is 3. The summed E-state index contributed by atoms with van der Waals surface area (Å²) in [5.74, 6) is 0.873. The van der Waals surface area contributed by atoms with Crippen molar-refractivity contribution in [1.29, 1.82) is 0 Å². The Bertz CT molecular complexity index is 339. The first-order chi connectivity index (χ1) is 7.81. The van der Waals surface area contributed by atoms with Gasteiger partial charge in [-0.15, -0.1) is 0 Å². The maximum Gasteiger partial charge on any atom is 0.115 e. The van der Waals surface area contributed by atoms with E-state index in [4.69, 9.17) is 0 Å². The molecule has 2 rings (SSSR count). The predicted octanol–water partition coefficient (Wildman–Crippen LogP) is 2.40. The van der Waals surface area contributed by atoms with Crippen LogP contribution in [0.25, 0.3) is 0 Å². The molecule has 1 aliphatic rings. The Labute approximate surface area is 111 Å². The molecule has 1 atom stereocenters. The zero-order valence-corrected chi connectivity index (χ0v) is 11.8. The van der Waals surface area contributed by atoms with Gasteiger partial charge in [0, 0.05) is 18.7 Å². The molecule has 0 bridgehead atoms. The average molecular weight is 331 g/mol. The second kappa shape index (κ2) is 5.91. The smallest absolute Gasteiger partial charge is 0.115 e. The summed E-state index contributed by atoms with van der Waals surface area (Å²) >= 11 is 2.32. The molecule has 0 amide bonds. The first-order valence-electron chi connectivity index (χ1n) is 5.99. The van der Waals surface area contributed by atoms with Gasteiger partial charge in [-0.25, -0.2) is 9.97 Å². The quantitative estimate of drug-likeness (QED) is 0.814. The third-order valence-electron chi connectivity index (χ3n) is 3.00. The Morgan fingerprint density at radius 3 is 3.00 bits per heavy atom. The van der Waals surface area contributed by atoms with Gasteiger partial charge in [0.2, 0.25) is 0 Å². The highest BCUT2D eigenvalue weighted by molar-refractivity contribution is 14.1. The Balaban J connectivity index is 1.97. The normalized spacial score (nSPS) is 17.4. The van der Waals surface area contributed by atoms with E-state index < -0.39 is 0 Å². The fourth-order valence-electron chi connectivity index (χ4n) is 1.93. The third-order valence-corrected chi connectivity index (χ3v) is 3.91. The van der Waals surface area contributed by atoms with E-state index in [1.165, 1.54) is 28.5 Å². The van der Waals surface area contributed by atoms with Crippen LogP contribution in [0, 0.1) is 9.49 Å². The number of rotatable bonds is 6. The fraction of sp³-hybridized carbons (Fsp3) is 0.667. The van der Waals surface area contributed by atoms with Crippen LogP contribution in [0.5, 0.6) is 0 Å². The fourth-order valence-corrected chi connectivity index (χ4v) is 2.45. The zero-order chi connectivity index (χ0) is 11.4. The molecule has 1 aromatic heterocycles. The van der Waals surface area contributed by atoms with Crippen molar-refractivity contribution >= 4 is 22.6 Å². The lowest BCUT2D eigenvalue weighted by atomic mass is 10.1. The highest BCUT2D eigenvalue weighted by Gasteiger charge is 2.31.